The number of hydrogen-bond donors (Lipinski definition) is 3. The Morgan fingerprint density at radius 3 is 2.80 bits per heavy atom. The van der Waals surface area contributed by atoms with Gasteiger partial charge in [-0.15, -0.1) is 4.28 Å². The Labute approximate surface area is 171 Å². The number of amidine groups is 1. The Kier molecular flexibility index (Phi) is 5.13. The zero-order valence-electron chi connectivity index (χ0n) is 16.2. The number of nitrogens with one attached hydrogen (secondary N) is 2. The van der Waals surface area contributed by atoms with Gasteiger partial charge in [0.2, 0.25) is 0 Å². The van der Waals surface area contributed by atoms with Crippen molar-refractivity contribution in [3.05, 3.63) is 17.5 Å². The van der Waals surface area contributed by atoms with Crippen molar-refractivity contribution in [3.63, 3.8) is 0 Å². The molecule has 3 aliphatic rings. The first-order valence-electron chi connectivity index (χ1n) is 9.11. The fraction of sp³-hybridized carbons (Fsp3) is 0.600. The number of aliphatic imine (C=N–C) groups is 1. The van der Waals surface area contributed by atoms with Crippen LogP contribution in [-0.2, 0) is 31.4 Å². The summed E-state index contributed by atoms with van der Waals surface area (Å²) in [5.41, 5.74) is 3.59. The maximum absolute atomic E-state index is 12.8. The van der Waals surface area contributed by atoms with E-state index in [1.807, 2.05) is 0 Å². The standard InChI is InChI=1S/C15H21N7O7S/c1-16-14(19-28-11(23)3-8-4-17-5-8)13-12-9(6-18-20(12)2)10-7-21(13)15(24)22(10)29-30(25,26)27/h6,8,10,13,17H,3-5,7H2,1-2H3,(H,16,19)(H,25,26,27)/t10-,13-/m0/s1. The van der Waals surface area contributed by atoms with Gasteiger partial charge < -0.3 is 15.1 Å². The molecule has 3 aliphatic heterocycles. The van der Waals surface area contributed by atoms with Gasteiger partial charge in [0.05, 0.1) is 24.9 Å². The predicted molar refractivity (Wildman–Crippen MR) is 98.8 cm³/mol. The van der Waals surface area contributed by atoms with Gasteiger partial charge in [0.15, 0.2) is 5.84 Å². The number of urea groups is 1. The molecule has 2 atom stereocenters. The van der Waals surface area contributed by atoms with E-state index >= 15 is 0 Å². The van der Waals surface area contributed by atoms with Gasteiger partial charge in [-0.25, -0.2) is 15.1 Å². The number of hydroxylamine groups is 3. The topological polar surface area (TPSA) is 168 Å². The van der Waals surface area contributed by atoms with Crippen LogP contribution in [0.1, 0.15) is 29.8 Å². The Hall–Kier alpha value is -2.75. The average molecular weight is 443 g/mol. The molecule has 4 rings (SSSR count). The molecule has 0 radical (unpaired) electrons. The molecule has 2 amide bonds. The summed E-state index contributed by atoms with van der Waals surface area (Å²) in [4.78, 5) is 35.4. The Bertz CT molecular complexity index is 1000. The van der Waals surface area contributed by atoms with Crippen molar-refractivity contribution in [3.8, 4) is 0 Å². The molecule has 164 valence electrons. The van der Waals surface area contributed by atoms with Crippen molar-refractivity contribution in [2.45, 2.75) is 18.5 Å². The summed E-state index contributed by atoms with van der Waals surface area (Å²) >= 11 is 0. The molecule has 3 N–H and O–H groups in total. The molecule has 2 fully saturated rings. The molecule has 0 aliphatic carbocycles. The lowest BCUT2D eigenvalue weighted by molar-refractivity contribution is -0.149. The third kappa shape index (κ3) is 3.60. The number of aromatic nitrogens is 2. The number of carbonyl (C=O) groups is 2. The highest BCUT2D eigenvalue weighted by Crippen LogP contribution is 2.44. The molecule has 0 unspecified atom stereocenters. The van der Waals surface area contributed by atoms with Gasteiger partial charge in [0, 0.05) is 19.7 Å². The minimum absolute atomic E-state index is 0.0557. The molecule has 14 nitrogen and oxygen atoms in total. The van der Waals surface area contributed by atoms with Crippen LogP contribution in [0.3, 0.4) is 0 Å². The van der Waals surface area contributed by atoms with Crippen LogP contribution in [0, 0.1) is 5.92 Å². The van der Waals surface area contributed by atoms with Gasteiger partial charge in [-0.2, -0.15) is 18.6 Å². The lowest BCUT2D eigenvalue weighted by Crippen LogP contribution is -2.46. The zero-order valence-corrected chi connectivity index (χ0v) is 17.0. The van der Waals surface area contributed by atoms with Gasteiger partial charge in [0.25, 0.3) is 0 Å². The Balaban J connectivity index is 1.59. The van der Waals surface area contributed by atoms with E-state index in [-0.39, 0.29) is 24.7 Å². The molecule has 0 aromatic carbocycles. The molecule has 0 spiro atoms. The SMILES string of the molecule is CN=C(NOC(=O)CC1CNC1)[C@@H]1c2c(cnn2C)[C@@H]2CN1C(=O)N2OS(=O)(=O)O. The predicted octanol–water partition coefficient (Wildman–Crippen LogP) is -1.33. The van der Waals surface area contributed by atoms with Crippen LogP contribution >= 0.6 is 0 Å². The van der Waals surface area contributed by atoms with Crippen LogP contribution in [0.4, 0.5) is 4.79 Å². The van der Waals surface area contributed by atoms with Crippen molar-refractivity contribution in [2.24, 2.45) is 18.0 Å². The van der Waals surface area contributed by atoms with E-state index in [9.17, 15) is 18.0 Å². The van der Waals surface area contributed by atoms with Crippen LogP contribution in [0.15, 0.2) is 11.2 Å². The summed E-state index contributed by atoms with van der Waals surface area (Å²) in [6.07, 6.45) is 1.71. The number of amides is 2. The second-order valence-corrected chi connectivity index (χ2v) is 8.21. The highest BCUT2D eigenvalue weighted by molar-refractivity contribution is 7.80. The second-order valence-electron chi connectivity index (χ2n) is 7.20. The molecule has 30 heavy (non-hydrogen) atoms. The smallest absolute Gasteiger partial charge is 0.342 e. The van der Waals surface area contributed by atoms with E-state index in [0.29, 0.717) is 16.3 Å². The lowest BCUT2D eigenvalue weighted by atomic mass is 9.97. The first kappa shape index (κ1) is 20.5. The minimum atomic E-state index is -4.92. The number of hydrogen-bond acceptors (Lipinski definition) is 9. The van der Waals surface area contributed by atoms with E-state index in [1.165, 1.54) is 22.8 Å². The maximum Gasteiger partial charge on any atom is 0.418 e. The summed E-state index contributed by atoms with van der Waals surface area (Å²) in [7, 11) is -1.81. The molecule has 1 aromatic heterocycles. The Morgan fingerprint density at radius 1 is 1.47 bits per heavy atom. The van der Waals surface area contributed by atoms with Crippen LogP contribution in [-0.4, -0.2) is 77.2 Å². The number of aryl methyl sites for hydroxylation is 1. The molecule has 1 aromatic rings. The van der Waals surface area contributed by atoms with Crippen molar-refractivity contribution >= 4 is 28.2 Å². The molecule has 15 heteroatoms. The number of nitrogens with zero attached hydrogens (tertiary/aromatic N) is 5. The van der Waals surface area contributed by atoms with E-state index in [4.69, 9.17) is 9.39 Å². The van der Waals surface area contributed by atoms with E-state index < -0.39 is 34.5 Å². The van der Waals surface area contributed by atoms with Gasteiger partial charge in [-0.1, -0.05) is 0 Å². The number of fused-ring (bicyclic) bond motifs is 4. The minimum Gasteiger partial charge on any atom is -0.342 e. The van der Waals surface area contributed by atoms with Crippen LogP contribution in [0.5, 0.6) is 0 Å². The van der Waals surface area contributed by atoms with E-state index in [1.54, 1.807) is 7.05 Å². The quantitative estimate of drug-likeness (QED) is 0.215. The maximum atomic E-state index is 12.8. The molecule has 4 heterocycles. The fourth-order valence-corrected chi connectivity index (χ4v) is 4.18. The first-order valence-corrected chi connectivity index (χ1v) is 10.5. The average Bonchev–Trinajstić information content (AvgIpc) is 3.14. The summed E-state index contributed by atoms with van der Waals surface area (Å²) in [6.45, 7) is 1.55. The third-order valence-electron chi connectivity index (χ3n) is 5.30. The van der Waals surface area contributed by atoms with Gasteiger partial charge in [-0.05, 0) is 19.0 Å². The van der Waals surface area contributed by atoms with Crippen molar-refractivity contribution < 1.29 is 31.7 Å². The lowest BCUT2D eigenvalue weighted by Gasteiger charge is -2.32. The highest BCUT2D eigenvalue weighted by Gasteiger charge is 2.53. The van der Waals surface area contributed by atoms with Crippen LogP contribution < -0.4 is 10.8 Å². The number of rotatable bonds is 5. The largest absolute Gasteiger partial charge is 0.418 e. The van der Waals surface area contributed by atoms with Crippen molar-refractivity contribution in [2.75, 3.05) is 26.7 Å². The van der Waals surface area contributed by atoms with Gasteiger partial charge >= 0.3 is 22.4 Å². The third-order valence-corrected chi connectivity index (χ3v) is 5.65. The zero-order chi connectivity index (χ0) is 21.6. The Morgan fingerprint density at radius 2 is 2.20 bits per heavy atom. The summed E-state index contributed by atoms with van der Waals surface area (Å²) in [5, 5.41) is 7.83. The van der Waals surface area contributed by atoms with Crippen molar-refractivity contribution in [1.82, 2.24) is 30.5 Å². The van der Waals surface area contributed by atoms with E-state index in [0.717, 1.165) is 13.1 Å². The first-order chi connectivity index (χ1) is 14.2. The summed E-state index contributed by atoms with van der Waals surface area (Å²) < 4.78 is 37.5. The fourth-order valence-electron chi connectivity index (χ4n) is 3.81. The molecule has 2 bridgehead atoms. The summed E-state index contributed by atoms with van der Waals surface area (Å²) in [6, 6.07) is -2.44. The molecular weight excluding hydrogens is 422 g/mol. The highest BCUT2D eigenvalue weighted by atomic mass is 32.3. The monoisotopic (exact) mass is 443 g/mol. The van der Waals surface area contributed by atoms with Crippen molar-refractivity contribution in [1.29, 1.82) is 0 Å². The van der Waals surface area contributed by atoms with Gasteiger partial charge in [-0.3, -0.25) is 14.2 Å². The number of carbonyl (C=O) groups excluding carboxylic acids is 2. The van der Waals surface area contributed by atoms with Crippen LogP contribution in [0.25, 0.3) is 0 Å². The molecule has 0 saturated carbocycles. The summed E-state index contributed by atoms with van der Waals surface area (Å²) in [5.74, 6) is -0.0992. The van der Waals surface area contributed by atoms with Crippen LogP contribution in [0.2, 0.25) is 0 Å². The van der Waals surface area contributed by atoms with E-state index in [2.05, 4.69) is 25.2 Å². The second kappa shape index (κ2) is 7.50. The van der Waals surface area contributed by atoms with Gasteiger partial charge in [0.1, 0.15) is 12.1 Å². The molecule has 2 saturated heterocycles. The molecular formula is C15H21N7O7S. The normalized spacial score (nSPS) is 24.0.